The Morgan fingerprint density at radius 2 is 0.472 bits per heavy atom. The van der Waals surface area contributed by atoms with E-state index in [2.05, 4.69) is 125 Å². The lowest BCUT2D eigenvalue weighted by Crippen LogP contribution is -2.30. The Bertz CT molecular complexity index is 2560. The third-order valence-electron chi connectivity index (χ3n) is 17.6. The lowest BCUT2D eigenvalue weighted by atomic mass is 10.0. The molecule has 0 fully saturated rings. The van der Waals surface area contributed by atoms with Gasteiger partial charge in [0.25, 0.3) is 0 Å². The fraction of sp³-hybridized carbons (Fsp3) is 0.708. The number of hydrogen-bond donors (Lipinski definition) is 3. The van der Waals surface area contributed by atoms with Crippen LogP contribution in [0, 0.1) is 0 Å². The van der Waals surface area contributed by atoms with Gasteiger partial charge in [-0.2, -0.15) is 0 Å². The SMILES string of the molecule is CCCCC/C=C\C/C=C\C/C=C\C/C=C\C/C=C\CCC(=O)OC[C@H](COP(=O)(O)OC[C@@H](O)COP(=O)(O)OC[C@@H](COC(=O)CCCCCCCCCCCCCCCCC)OC(=O)CCCCCCCCC/C=C\CCCCCC)OC(=O)CC/C=C\C/C=C\C/C=C\C/C=C\C/C=C\CCCCC. The van der Waals surface area contributed by atoms with Gasteiger partial charge >= 0.3 is 39.5 Å². The Morgan fingerprint density at radius 3 is 0.806 bits per heavy atom. The molecule has 0 spiro atoms. The van der Waals surface area contributed by atoms with E-state index in [1.807, 2.05) is 36.5 Å². The smallest absolute Gasteiger partial charge is 0.462 e. The minimum absolute atomic E-state index is 0.0196. The molecule has 5 atom stereocenters. The first kappa shape index (κ1) is 103. The Kier molecular flexibility index (Phi) is 76.7. The fourth-order valence-corrected chi connectivity index (χ4v) is 12.7. The van der Waals surface area contributed by atoms with E-state index < -0.39 is 97.5 Å². The number of unbranched alkanes of at least 4 members (excludes halogenated alkanes) is 31. The zero-order chi connectivity index (χ0) is 78.9. The van der Waals surface area contributed by atoms with Crippen LogP contribution in [0.2, 0.25) is 0 Å². The summed E-state index contributed by atoms with van der Waals surface area (Å²) in [5, 5.41) is 10.7. The van der Waals surface area contributed by atoms with Crippen LogP contribution in [-0.2, 0) is 65.4 Å². The molecule has 0 aliphatic heterocycles. The van der Waals surface area contributed by atoms with Crippen molar-refractivity contribution < 1.29 is 80.2 Å². The van der Waals surface area contributed by atoms with E-state index in [9.17, 15) is 43.2 Å². The van der Waals surface area contributed by atoms with Gasteiger partial charge in [0.05, 0.1) is 26.4 Å². The standard InChI is InChI=1S/C89H152O17P2/c1-5-9-13-17-21-25-29-33-37-39-41-43-47-50-54-58-62-66-70-74-87(92)100-80-85(106-89(94)76-72-68-64-60-56-52-48-44-42-40-38-34-30-26-22-18-14-10-6-2)82-104-108(97,98)102-78-83(90)77-101-107(95,96)103-81-84(105-88(93)75-71-67-63-59-55-51-46-36-32-28-24-20-16-12-8-4)79-99-86(91)73-69-65-61-57-53-49-45-35-31-27-23-19-15-11-7-3/h21-22,25-26,28,32-34,37-38,41-44,50,52,54,56,62,64,66,68,83-85,90H,5-20,23-24,27,29-31,35-36,39-40,45-49,51,53,55,57-61,63,65,67,69-82H2,1-4H3,(H,95,96)(H,97,98)/b25-21-,26-22-,32-28-,37-33-,38-34-,43-41-,44-42-,54-50-,56-52-,66-62-,68-64-/t83-,84+,85+/m0/s1. The third kappa shape index (κ3) is 79.3. The Labute approximate surface area is 656 Å². The predicted octanol–water partition coefficient (Wildman–Crippen LogP) is 25.2. The molecule has 0 aliphatic carbocycles. The maximum Gasteiger partial charge on any atom is 0.472 e. The number of rotatable bonds is 79. The number of aliphatic hydroxyl groups excluding tert-OH is 1. The molecule has 0 aliphatic rings. The molecule has 0 saturated heterocycles. The molecule has 0 aromatic carbocycles. The minimum atomic E-state index is -5.02. The van der Waals surface area contributed by atoms with Gasteiger partial charge in [0.2, 0.25) is 0 Å². The monoisotopic (exact) mass is 1560 g/mol. The molecule has 620 valence electrons. The first-order chi connectivity index (χ1) is 52.7. The molecule has 0 rings (SSSR count). The lowest BCUT2D eigenvalue weighted by molar-refractivity contribution is -0.161. The van der Waals surface area contributed by atoms with E-state index >= 15 is 0 Å². The number of carbonyl (C=O) groups excluding carboxylic acids is 4. The fourth-order valence-electron chi connectivity index (χ4n) is 11.1. The van der Waals surface area contributed by atoms with E-state index in [-0.39, 0.29) is 25.7 Å². The first-order valence-electron chi connectivity index (χ1n) is 42.4. The summed E-state index contributed by atoms with van der Waals surface area (Å²) in [6, 6.07) is 0. The van der Waals surface area contributed by atoms with Crippen LogP contribution < -0.4 is 0 Å². The van der Waals surface area contributed by atoms with Crippen LogP contribution in [0.5, 0.6) is 0 Å². The summed E-state index contributed by atoms with van der Waals surface area (Å²) in [7, 11) is -10.0. The topological polar surface area (TPSA) is 237 Å². The number of carbonyl (C=O) groups is 4. The van der Waals surface area contributed by atoms with E-state index in [1.54, 1.807) is 0 Å². The van der Waals surface area contributed by atoms with Crippen molar-refractivity contribution in [1.29, 1.82) is 0 Å². The van der Waals surface area contributed by atoms with Crippen molar-refractivity contribution in [2.24, 2.45) is 0 Å². The second-order valence-corrected chi connectivity index (χ2v) is 31.0. The molecule has 0 radical (unpaired) electrons. The number of esters is 4. The zero-order valence-corrected chi connectivity index (χ0v) is 69.8. The molecule has 17 nitrogen and oxygen atoms in total. The zero-order valence-electron chi connectivity index (χ0n) is 68.0. The summed E-state index contributed by atoms with van der Waals surface area (Å²) in [5.41, 5.74) is 0. The molecular formula is C89H152O17P2. The van der Waals surface area contributed by atoms with Crippen LogP contribution in [0.25, 0.3) is 0 Å². The Hall–Kier alpha value is -4.80. The van der Waals surface area contributed by atoms with Gasteiger partial charge < -0.3 is 33.8 Å². The van der Waals surface area contributed by atoms with Crippen LogP contribution in [0.3, 0.4) is 0 Å². The summed E-state index contributed by atoms with van der Waals surface area (Å²) in [5.74, 6) is -2.36. The highest BCUT2D eigenvalue weighted by molar-refractivity contribution is 7.47. The average Bonchev–Trinajstić information content (AvgIpc) is 0.896. The van der Waals surface area contributed by atoms with Crippen molar-refractivity contribution in [3.63, 3.8) is 0 Å². The normalized spacial score (nSPS) is 14.5. The molecule has 0 amide bonds. The van der Waals surface area contributed by atoms with E-state index in [4.69, 9.17) is 37.0 Å². The van der Waals surface area contributed by atoms with Crippen LogP contribution in [-0.4, -0.2) is 96.7 Å². The number of allylic oxidation sites excluding steroid dienone is 22. The quantitative estimate of drug-likeness (QED) is 0.0169. The first-order valence-corrected chi connectivity index (χ1v) is 45.4. The van der Waals surface area contributed by atoms with Gasteiger partial charge in [-0.3, -0.25) is 37.3 Å². The van der Waals surface area contributed by atoms with Crippen molar-refractivity contribution in [2.75, 3.05) is 39.6 Å². The molecule has 0 aromatic rings. The second kappa shape index (κ2) is 80.3. The van der Waals surface area contributed by atoms with Crippen molar-refractivity contribution in [2.45, 2.75) is 367 Å². The van der Waals surface area contributed by atoms with Gasteiger partial charge in [0, 0.05) is 25.7 Å². The molecule has 19 heteroatoms. The van der Waals surface area contributed by atoms with Crippen LogP contribution in [0.4, 0.5) is 0 Å². The van der Waals surface area contributed by atoms with Gasteiger partial charge in [0.15, 0.2) is 12.2 Å². The lowest BCUT2D eigenvalue weighted by Gasteiger charge is -2.21. The van der Waals surface area contributed by atoms with Gasteiger partial charge in [0.1, 0.15) is 19.3 Å². The van der Waals surface area contributed by atoms with Crippen molar-refractivity contribution >= 4 is 39.5 Å². The van der Waals surface area contributed by atoms with Gasteiger partial charge in [-0.15, -0.1) is 0 Å². The summed E-state index contributed by atoms with van der Waals surface area (Å²) in [6.45, 7) is 4.68. The van der Waals surface area contributed by atoms with Crippen molar-refractivity contribution in [3.8, 4) is 0 Å². The highest BCUT2D eigenvalue weighted by atomic mass is 31.2. The molecular weight excluding hydrogens is 1400 g/mol. The molecule has 0 saturated carbocycles. The van der Waals surface area contributed by atoms with Crippen LogP contribution in [0.1, 0.15) is 349 Å². The second-order valence-electron chi connectivity index (χ2n) is 28.1. The highest BCUT2D eigenvalue weighted by Gasteiger charge is 2.30. The number of ether oxygens (including phenoxy) is 4. The molecule has 108 heavy (non-hydrogen) atoms. The number of aliphatic hydroxyl groups is 1. The van der Waals surface area contributed by atoms with Crippen LogP contribution in [0.15, 0.2) is 134 Å². The van der Waals surface area contributed by atoms with E-state index in [0.29, 0.717) is 38.5 Å². The number of phosphoric ester groups is 2. The summed E-state index contributed by atoms with van der Waals surface area (Å²) >= 11 is 0. The predicted molar refractivity (Wildman–Crippen MR) is 445 cm³/mol. The molecule has 3 N–H and O–H groups in total. The Morgan fingerprint density at radius 1 is 0.259 bits per heavy atom. The third-order valence-corrected chi connectivity index (χ3v) is 19.5. The van der Waals surface area contributed by atoms with Gasteiger partial charge in [-0.25, -0.2) is 9.13 Å². The maximum absolute atomic E-state index is 13.1. The molecule has 0 bridgehead atoms. The van der Waals surface area contributed by atoms with E-state index in [1.165, 1.54) is 135 Å². The Balaban J connectivity index is 5.50. The largest absolute Gasteiger partial charge is 0.472 e. The van der Waals surface area contributed by atoms with Crippen molar-refractivity contribution in [3.05, 3.63) is 134 Å². The maximum atomic E-state index is 13.1. The highest BCUT2D eigenvalue weighted by Crippen LogP contribution is 2.45. The molecule has 2 unspecified atom stereocenters. The molecule has 0 aromatic heterocycles. The number of phosphoric acid groups is 2. The van der Waals surface area contributed by atoms with Crippen LogP contribution >= 0.6 is 15.6 Å². The minimum Gasteiger partial charge on any atom is -0.462 e. The van der Waals surface area contributed by atoms with Gasteiger partial charge in [-0.1, -0.05) is 328 Å². The van der Waals surface area contributed by atoms with Crippen molar-refractivity contribution in [1.82, 2.24) is 0 Å². The summed E-state index contributed by atoms with van der Waals surface area (Å²) in [4.78, 5) is 73.1. The average molecular weight is 1560 g/mol. The summed E-state index contributed by atoms with van der Waals surface area (Å²) in [6.07, 6.45) is 91.6. The van der Waals surface area contributed by atoms with Gasteiger partial charge in [-0.05, 0) is 128 Å². The van der Waals surface area contributed by atoms with E-state index in [0.717, 1.165) is 122 Å². The summed E-state index contributed by atoms with van der Waals surface area (Å²) < 4.78 is 68.6. The molecule has 0 heterocycles. The number of hydrogen-bond acceptors (Lipinski definition) is 15.